The molecule has 0 bridgehead atoms. The first kappa shape index (κ1) is 16.9. The van der Waals surface area contributed by atoms with Crippen LogP contribution in [0.5, 0.6) is 0 Å². The maximum Gasteiger partial charge on any atom is 0.221 e. The van der Waals surface area contributed by atoms with Crippen LogP contribution in [0, 0.1) is 0 Å². The molecule has 0 fully saturated rings. The highest BCUT2D eigenvalue weighted by atomic mass is 32.2. The number of benzene rings is 2. The average molecular weight is 379 g/mol. The van der Waals surface area contributed by atoms with Crippen molar-refractivity contribution in [2.75, 3.05) is 10.6 Å². The van der Waals surface area contributed by atoms with E-state index in [1.807, 2.05) is 36.0 Å². The number of rotatable bonds is 3. The van der Waals surface area contributed by atoms with Crippen LogP contribution in [0.1, 0.15) is 22.6 Å². The Morgan fingerprint density at radius 1 is 1.08 bits per heavy atom. The van der Waals surface area contributed by atoms with Gasteiger partial charge < -0.3 is 10.6 Å². The molecule has 5 heteroatoms. The fourth-order valence-electron chi connectivity index (χ4n) is 2.91. The molecule has 4 rings (SSSR count). The van der Waals surface area contributed by atoms with Gasteiger partial charge in [-0.05, 0) is 47.4 Å². The second-order valence-electron chi connectivity index (χ2n) is 6.02. The third-order valence-electron chi connectivity index (χ3n) is 4.05. The van der Waals surface area contributed by atoms with E-state index in [9.17, 15) is 4.79 Å². The summed E-state index contributed by atoms with van der Waals surface area (Å²) in [6, 6.07) is 20.6. The Kier molecular flexibility index (Phi) is 4.82. The standard InChI is InChI=1S/C21H18N2OS2/c1-14(24)22-16-7-4-6-15(12-16)18-13-21(20-10-5-11-25-20)26-19-9-3-2-8-17(19)23-18/h2-13,21,23H,1H3,(H,22,24). The zero-order valence-electron chi connectivity index (χ0n) is 14.2. The second-order valence-corrected chi connectivity index (χ2v) is 8.18. The summed E-state index contributed by atoms with van der Waals surface area (Å²) >= 11 is 3.62. The fourth-order valence-corrected chi connectivity index (χ4v) is 4.97. The van der Waals surface area contributed by atoms with E-state index in [4.69, 9.17) is 0 Å². The Hall–Kier alpha value is -2.50. The zero-order valence-corrected chi connectivity index (χ0v) is 15.9. The summed E-state index contributed by atoms with van der Waals surface area (Å²) in [5.41, 5.74) is 4.01. The lowest BCUT2D eigenvalue weighted by Gasteiger charge is -2.13. The molecule has 0 aliphatic carbocycles. The van der Waals surface area contributed by atoms with Crippen molar-refractivity contribution in [2.45, 2.75) is 17.1 Å². The van der Waals surface area contributed by atoms with Gasteiger partial charge in [0, 0.05) is 28.1 Å². The molecule has 3 aromatic rings. The molecule has 0 saturated carbocycles. The number of thioether (sulfide) groups is 1. The highest BCUT2D eigenvalue weighted by molar-refractivity contribution is 8.00. The summed E-state index contributed by atoms with van der Waals surface area (Å²) in [6.45, 7) is 1.52. The van der Waals surface area contributed by atoms with E-state index in [1.54, 1.807) is 11.3 Å². The van der Waals surface area contributed by atoms with Crippen LogP contribution >= 0.6 is 23.1 Å². The molecule has 0 saturated heterocycles. The first-order valence-corrected chi connectivity index (χ1v) is 10.1. The largest absolute Gasteiger partial charge is 0.354 e. The molecule has 130 valence electrons. The predicted molar refractivity (Wildman–Crippen MR) is 112 cm³/mol. The first-order chi connectivity index (χ1) is 12.7. The van der Waals surface area contributed by atoms with E-state index < -0.39 is 0 Å². The third kappa shape index (κ3) is 3.69. The quantitative estimate of drug-likeness (QED) is 0.587. The van der Waals surface area contributed by atoms with Gasteiger partial charge in [-0.15, -0.1) is 23.1 Å². The minimum absolute atomic E-state index is 0.0673. The highest BCUT2D eigenvalue weighted by Gasteiger charge is 2.20. The molecule has 1 atom stereocenters. The van der Waals surface area contributed by atoms with Crippen molar-refractivity contribution in [1.29, 1.82) is 0 Å². The van der Waals surface area contributed by atoms with Crippen molar-refractivity contribution in [3.63, 3.8) is 0 Å². The number of amides is 1. The van der Waals surface area contributed by atoms with Crippen molar-refractivity contribution in [2.24, 2.45) is 0 Å². The Balaban J connectivity index is 1.77. The number of anilines is 2. The molecule has 3 nitrogen and oxygen atoms in total. The minimum atomic E-state index is -0.0673. The van der Waals surface area contributed by atoms with Crippen LogP contribution in [0.25, 0.3) is 5.70 Å². The maximum atomic E-state index is 11.4. The van der Waals surface area contributed by atoms with Gasteiger partial charge >= 0.3 is 0 Å². The molecule has 0 spiro atoms. The number of fused-ring (bicyclic) bond motifs is 1. The molecule has 0 radical (unpaired) electrons. The lowest BCUT2D eigenvalue weighted by molar-refractivity contribution is -0.114. The Morgan fingerprint density at radius 3 is 2.77 bits per heavy atom. The van der Waals surface area contributed by atoms with Gasteiger partial charge in [-0.1, -0.05) is 30.3 Å². The Labute approximate surface area is 161 Å². The number of thiophene rings is 1. The summed E-state index contributed by atoms with van der Waals surface area (Å²) in [7, 11) is 0. The Bertz CT molecular complexity index is 964. The lowest BCUT2D eigenvalue weighted by atomic mass is 10.1. The normalized spacial score (nSPS) is 16.0. The molecule has 2 N–H and O–H groups in total. The van der Waals surface area contributed by atoms with Crippen LogP contribution in [-0.4, -0.2) is 5.91 Å². The van der Waals surface area contributed by atoms with Gasteiger partial charge in [-0.2, -0.15) is 0 Å². The number of carbonyl (C=O) groups is 1. The monoisotopic (exact) mass is 378 g/mol. The van der Waals surface area contributed by atoms with E-state index in [-0.39, 0.29) is 11.2 Å². The van der Waals surface area contributed by atoms with Crippen LogP contribution in [0.4, 0.5) is 11.4 Å². The molecular formula is C21H18N2OS2. The van der Waals surface area contributed by atoms with Crippen molar-refractivity contribution in [3.8, 4) is 0 Å². The Morgan fingerprint density at radius 2 is 1.96 bits per heavy atom. The molecule has 26 heavy (non-hydrogen) atoms. The molecule has 1 amide bonds. The zero-order chi connectivity index (χ0) is 17.9. The second kappa shape index (κ2) is 7.40. The van der Waals surface area contributed by atoms with E-state index in [0.717, 1.165) is 22.6 Å². The fraction of sp³-hybridized carbons (Fsp3) is 0.0952. The predicted octanol–water partition coefficient (Wildman–Crippen LogP) is 6.01. The molecular weight excluding hydrogens is 360 g/mol. The SMILES string of the molecule is CC(=O)Nc1cccc(C2=CC(c3cccs3)Sc3ccccc3N2)c1. The van der Waals surface area contributed by atoms with Gasteiger partial charge in [0.05, 0.1) is 10.9 Å². The van der Waals surface area contributed by atoms with Crippen LogP contribution in [0.2, 0.25) is 0 Å². The van der Waals surface area contributed by atoms with E-state index in [1.165, 1.54) is 16.7 Å². The van der Waals surface area contributed by atoms with Gasteiger partial charge in [-0.25, -0.2) is 0 Å². The van der Waals surface area contributed by atoms with Crippen molar-refractivity contribution >= 4 is 46.1 Å². The highest BCUT2D eigenvalue weighted by Crippen LogP contribution is 2.45. The van der Waals surface area contributed by atoms with Crippen LogP contribution < -0.4 is 10.6 Å². The minimum Gasteiger partial charge on any atom is -0.354 e. The van der Waals surface area contributed by atoms with Gasteiger partial charge in [0.2, 0.25) is 5.91 Å². The van der Waals surface area contributed by atoms with Crippen LogP contribution in [-0.2, 0) is 4.79 Å². The van der Waals surface area contributed by atoms with Gasteiger partial charge in [0.1, 0.15) is 0 Å². The molecule has 1 unspecified atom stereocenters. The smallest absolute Gasteiger partial charge is 0.221 e. The summed E-state index contributed by atoms with van der Waals surface area (Å²) in [4.78, 5) is 13.9. The molecule has 1 aliphatic heterocycles. The number of nitrogens with one attached hydrogen (secondary N) is 2. The first-order valence-electron chi connectivity index (χ1n) is 8.35. The number of hydrogen-bond donors (Lipinski definition) is 2. The number of para-hydroxylation sites is 1. The topological polar surface area (TPSA) is 41.1 Å². The summed E-state index contributed by atoms with van der Waals surface area (Å²) in [6.07, 6.45) is 2.27. The van der Waals surface area contributed by atoms with E-state index in [2.05, 4.69) is 58.5 Å². The third-order valence-corrected chi connectivity index (χ3v) is 6.40. The van der Waals surface area contributed by atoms with Crippen LogP contribution in [0.15, 0.2) is 77.0 Å². The maximum absolute atomic E-state index is 11.4. The molecule has 1 aliphatic rings. The lowest BCUT2D eigenvalue weighted by Crippen LogP contribution is -2.06. The average Bonchev–Trinajstić information content (AvgIpc) is 3.09. The molecule has 2 aromatic carbocycles. The number of hydrogen-bond acceptors (Lipinski definition) is 4. The molecule has 2 heterocycles. The van der Waals surface area contributed by atoms with Gasteiger partial charge in [0.25, 0.3) is 0 Å². The molecule has 1 aromatic heterocycles. The van der Waals surface area contributed by atoms with E-state index in [0.29, 0.717) is 0 Å². The van der Waals surface area contributed by atoms with E-state index >= 15 is 0 Å². The van der Waals surface area contributed by atoms with Gasteiger partial charge in [-0.3, -0.25) is 4.79 Å². The van der Waals surface area contributed by atoms with Crippen molar-refractivity contribution < 1.29 is 4.79 Å². The number of carbonyl (C=O) groups excluding carboxylic acids is 1. The van der Waals surface area contributed by atoms with Gasteiger partial charge in [0.15, 0.2) is 0 Å². The summed E-state index contributed by atoms with van der Waals surface area (Å²) in [5.74, 6) is -0.0673. The summed E-state index contributed by atoms with van der Waals surface area (Å²) < 4.78 is 0. The van der Waals surface area contributed by atoms with Crippen molar-refractivity contribution in [1.82, 2.24) is 0 Å². The van der Waals surface area contributed by atoms with Crippen LogP contribution in [0.3, 0.4) is 0 Å². The van der Waals surface area contributed by atoms with Crippen molar-refractivity contribution in [3.05, 3.63) is 82.6 Å². The summed E-state index contributed by atoms with van der Waals surface area (Å²) in [5, 5.41) is 8.80.